The zero-order chi connectivity index (χ0) is 15.6. The molecule has 1 aliphatic heterocycles. The van der Waals surface area contributed by atoms with Crippen LogP contribution in [-0.2, 0) is 11.3 Å². The number of thiazole rings is 1. The van der Waals surface area contributed by atoms with Crippen LogP contribution in [0.3, 0.4) is 0 Å². The van der Waals surface area contributed by atoms with Crippen molar-refractivity contribution in [3.63, 3.8) is 0 Å². The average molecular weight is 331 g/mol. The molecule has 1 aliphatic carbocycles. The van der Waals surface area contributed by atoms with Crippen LogP contribution in [0.15, 0.2) is 29.9 Å². The van der Waals surface area contributed by atoms with E-state index in [2.05, 4.69) is 27.2 Å². The summed E-state index contributed by atoms with van der Waals surface area (Å²) in [5.41, 5.74) is 1.17. The van der Waals surface area contributed by atoms with Gasteiger partial charge in [0, 0.05) is 30.7 Å². The van der Waals surface area contributed by atoms with Gasteiger partial charge in [0.05, 0.1) is 23.5 Å². The van der Waals surface area contributed by atoms with Gasteiger partial charge in [-0.05, 0) is 31.9 Å². The molecule has 3 heterocycles. The van der Waals surface area contributed by atoms with Gasteiger partial charge in [0.25, 0.3) is 0 Å². The Morgan fingerprint density at radius 3 is 3.17 bits per heavy atom. The molecule has 6 heteroatoms. The third-order valence-corrected chi connectivity index (χ3v) is 5.43. The lowest BCUT2D eigenvalue weighted by Crippen LogP contribution is -2.51. The first-order chi connectivity index (χ1) is 11.3. The summed E-state index contributed by atoms with van der Waals surface area (Å²) in [6.45, 7) is 4.70. The van der Waals surface area contributed by atoms with Crippen LogP contribution in [0.2, 0.25) is 0 Å². The number of pyridine rings is 1. The minimum absolute atomic E-state index is 0.115. The van der Waals surface area contributed by atoms with E-state index in [-0.39, 0.29) is 12.2 Å². The Bertz CT molecular complexity index is 648. The second-order valence-corrected chi connectivity index (χ2v) is 7.22. The number of nitrogens with zero attached hydrogens (tertiary/aromatic N) is 3. The van der Waals surface area contributed by atoms with Crippen LogP contribution in [0.5, 0.6) is 5.75 Å². The van der Waals surface area contributed by atoms with Gasteiger partial charge in [0.15, 0.2) is 0 Å². The SMILES string of the molecule is Cc1nc(CN2CCO[C@H]3[C@H](Oc4cccnc4)CC[C@@H]32)cs1. The molecule has 2 aliphatic rings. The van der Waals surface area contributed by atoms with Crippen LogP contribution < -0.4 is 4.74 Å². The van der Waals surface area contributed by atoms with Gasteiger partial charge in [0.1, 0.15) is 18.0 Å². The highest BCUT2D eigenvalue weighted by Gasteiger charge is 2.44. The molecule has 0 unspecified atom stereocenters. The summed E-state index contributed by atoms with van der Waals surface area (Å²) < 4.78 is 12.2. The minimum atomic E-state index is 0.115. The number of aryl methyl sites for hydroxylation is 1. The Morgan fingerprint density at radius 2 is 2.39 bits per heavy atom. The van der Waals surface area contributed by atoms with Crippen LogP contribution in [0.1, 0.15) is 23.5 Å². The topological polar surface area (TPSA) is 47.5 Å². The molecule has 0 radical (unpaired) electrons. The number of hydrogen-bond donors (Lipinski definition) is 0. The number of rotatable bonds is 4. The molecule has 122 valence electrons. The lowest BCUT2D eigenvalue weighted by Gasteiger charge is -2.38. The molecular formula is C17H21N3O2S. The van der Waals surface area contributed by atoms with Crippen molar-refractivity contribution in [2.24, 2.45) is 0 Å². The maximum Gasteiger partial charge on any atom is 0.138 e. The van der Waals surface area contributed by atoms with Gasteiger partial charge in [-0.15, -0.1) is 11.3 Å². The van der Waals surface area contributed by atoms with E-state index in [0.29, 0.717) is 6.04 Å². The summed E-state index contributed by atoms with van der Waals surface area (Å²) in [5.74, 6) is 0.828. The van der Waals surface area contributed by atoms with Crippen LogP contribution in [0, 0.1) is 6.92 Å². The number of aromatic nitrogens is 2. The van der Waals surface area contributed by atoms with E-state index in [1.54, 1.807) is 23.7 Å². The Hall–Kier alpha value is -1.50. The predicted molar refractivity (Wildman–Crippen MR) is 88.7 cm³/mol. The summed E-state index contributed by atoms with van der Waals surface area (Å²) in [5, 5.41) is 3.30. The molecule has 0 bridgehead atoms. The molecule has 1 saturated heterocycles. The summed E-state index contributed by atoms with van der Waals surface area (Å²) in [4.78, 5) is 11.2. The van der Waals surface area contributed by atoms with Crippen molar-refractivity contribution in [1.82, 2.24) is 14.9 Å². The van der Waals surface area contributed by atoms with E-state index in [1.165, 1.54) is 5.69 Å². The van der Waals surface area contributed by atoms with Crippen LogP contribution in [0.4, 0.5) is 0 Å². The van der Waals surface area contributed by atoms with E-state index in [9.17, 15) is 0 Å². The van der Waals surface area contributed by atoms with Gasteiger partial charge in [-0.3, -0.25) is 9.88 Å². The van der Waals surface area contributed by atoms with Crippen molar-refractivity contribution in [3.8, 4) is 5.75 Å². The fourth-order valence-corrected chi connectivity index (χ4v) is 4.20. The van der Waals surface area contributed by atoms with Gasteiger partial charge < -0.3 is 9.47 Å². The van der Waals surface area contributed by atoms with Crippen molar-refractivity contribution < 1.29 is 9.47 Å². The quantitative estimate of drug-likeness (QED) is 0.862. The van der Waals surface area contributed by atoms with E-state index in [1.807, 2.05) is 12.1 Å². The lowest BCUT2D eigenvalue weighted by molar-refractivity contribution is -0.0918. The van der Waals surface area contributed by atoms with Crippen LogP contribution in [-0.4, -0.2) is 46.3 Å². The monoisotopic (exact) mass is 331 g/mol. The van der Waals surface area contributed by atoms with Gasteiger partial charge in [-0.2, -0.15) is 0 Å². The van der Waals surface area contributed by atoms with Gasteiger partial charge in [-0.1, -0.05) is 0 Å². The highest BCUT2D eigenvalue weighted by Crippen LogP contribution is 2.33. The van der Waals surface area contributed by atoms with E-state index < -0.39 is 0 Å². The first-order valence-corrected chi connectivity index (χ1v) is 9.01. The maximum absolute atomic E-state index is 6.12. The molecule has 2 fully saturated rings. The minimum Gasteiger partial charge on any atom is -0.486 e. The summed E-state index contributed by atoms with van der Waals surface area (Å²) in [6, 6.07) is 4.28. The molecular weight excluding hydrogens is 310 g/mol. The highest BCUT2D eigenvalue weighted by molar-refractivity contribution is 7.09. The largest absolute Gasteiger partial charge is 0.486 e. The molecule has 5 nitrogen and oxygen atoms in total. The van der Waals surface area contributed by atoms with Crippen LogP contribution in [0.25, 0.3) is 0 Å². The van der Waals surface area contributed by atoms with E-state index in [0.717, 1.165) is 43.3 Å². The number of morpholine rings is 1. The maximum atomic E-state index is 6.12. The molecule has 0 spiro atoms. The number of hydrogen-bond acceptors (Lipinski definition) is 6. The predicted octanol–water partition coefficient (Wildman–Crippen LogP) is 2.66. The van der Waals surface area contributed by atoms with Crippen LogP contribution >= 0.6 is 11.3 Å². The zero-order valence-corrected chi connectivity index (χ0v) is 14.0. The molecule has 0 aromatic carbocycles. The highest BCUT2D eigenvalue weighted by atomic mass is 32.1. The number of fused-ring (bicyclic) bond motifs is 1. The molecule has 4 rings (SSSR count). The fraction of sp³-hybridized carbons (Fsp3) is 0.529. The molecule has 2 aromatic rings. The summed E-state index contributed by atoms with van der Waals surface area (Å²) in [6.07, 6.45) is 5.92. The van der Waals surface area contributed by atoms with Crippen molar-refractivity contribution in [3.05, 3.63) is 40.6 Å². The van der Waals surface area contributed by atoms with Gasteiger partial charge in [0.2, 0.25) is 0 Å². The second kappa shape index (κ2) is 6.55. The Balaban J connectivity index is 1.43. The Kier molecular flexibility index (Phi) is 4.29. The van der Waals surface area contributed by atoms with Crippen molar-refractivity contribution in [2.75, 3.05) is 13.2 Å². The molecule has 0 N–H and O–H groups in total. The number of ether oxygens (including phenoxy) is 2. The first kappa shape index (κ1) is 15.1. The summed E-state index contributed by atoms with van der Waals surface area (Å²) >= 11 is 1.72. The van der Waals surface area contributed by atoms with Gasteiger partial charge >= 0.3 is 0 Å². The Labute approximate surface area is 140 Å². The smallest absolute Gasteiger partial charge is 0.138 e. The molecule has 1 saturated carbocycles. The summed E-state index contributed by atoms with van der Waals surface area (Å²) in [7, 11) is 0. The Morgan fingerprint density at radius 1 is 1.43 bits per heavy atom. The second-order valence-electron chi connectivity index (χ2n) is 6.15. The first-order valence-electron chi connectivity index (χ1n) is 8.13. The van der Waals surface area contributed by atoms with Crippen molar-refractivity contribution in [2.45, 2.75) is 44.6 Å². The van der Waals surface area contributed by atoms with E-state index >= 15 is 0 Å². The third-order valence-electron chi connectivity index (χ3n) is 4.60. The molecule has 3 atom stereocenters. The lowest BCUT2D eigenvalue weighted by atomic mass is 10.1. The van der Waals surface area contributed by atoms with Crippen molar-refractivity contribution in [1.29, 1.82) is 0 Å². The molecule has 0 amide bonds. The van der Waals surface area contributed by atoms with Crippen molar-refractivity contribution >= 4 is 11.3 Å². The molecule has 2 aromatic heterocycles. The molecule has 23 heavy (non-hydrogen) atoms. The zero-order valence-electron chi connectivity index (χ0n) is 13.2. The standard InChI is InChI=1S/C17H21N3O2S/c1-12-19-13(11-23-12)10-20-7-8-21-17-15(20)4-5-16(17)22-14-3-2-6-18-9-14/h2-3,6,9,11,15-17H,4-5,7-8,10H2,1H3/t15-,16+,17+/m0/s1. The third kappa shape index (κ3) is 3.24. The van der Waals surface area contributed by atoms with E-state index in [4.69, 9.17) is 9.47 Å². The average Bonchev–Trinajstić information content (AvgIpc) is 3.16. The normalized spacial score (nSPS) is 27.8. The van der Waals surface area contributed by atoms with Gasteiger partial charge in [-0.25, -0.2) is 4.98 Å². The fourth-order valence-electron chi connectivity index (χ4n) is 3.59.